The highest BCUT2D eigenvalue weighted by molar-refractivity contribution is 5.93. The molecule has 0 bridgehead atoms. The Morgan fingerprint density at radius 3 is 2.25 bits per heavy atom. The number of aliphatic hydroxyl groups is 1. The lowest BCUT2D eigenvalue weighted by Gasteiger charge is -2.23. The minimum atomic E-state index is -1.21. The van der Waals surface area contributed by atoms with Crippen molar-refractivity contribution in [2.24, 2.45) is 0 Å². The molecular weight excluding hydrogens is 304 g/mol. The second-order valence-electron chi connectivity index (χ2n) is 5.87. The summed E-state index contributed by atoms with van der Waals surface area (Å²) in [4.78, 5) is 23.6. The molecule has 0 aromatic heterocycles. The van der Waals surface area contributed by atoms with Gasteiger partial charge in [0.05, 0.1) is 12.0 Å². The summed E-state index contributed by atoms with van der Waals surface area (Å²) in [6.07, 6.45) is -0.0205. The van der Waals surface area contributed by atoms with E-state index in [1.165, 1.54) is 0 Å². The minimum absolute atomic E-state index is 0.0205. The molecule has 24 heavy (non-hydrogen) atoms. The number of carbonyl (C=O) groups is 2. The molecule has 0 saturated carbocycles. The molecule has 2 rings (SSSR count). The van der Waals surface area contributed by atoms with Crippen LogP contribution in [0.5, 0.6) is 0 Å². The minimum Gasteiger partial charge on any atom is -0.385 e. The molecule has 2 amide bonds. The average Bonchev–Trinajstić information content (AvgIpc) is 2.60. The molecule has 3 N–H and O–H groups in total. The van der Waals surface area contributed by atoms with Crippen LogP contribution in [0.2, 0.25) is 0 Å². The van der Waals surface area contributed by atoms with E-state index in [0.29, 0.717) is 17.7 Å². The van der Waals surface area contributed by atoms with Gasteiger partial charge in [-0.25, -0.2) is 0 Å². The summed E-state index contributed by atoms with van der Waals surface area (Å²) in [5.74, 6) is -0.385. The van der Waals surface area contributed by atoms with Gasteiger partial charge >= 0.3 is 0 Å². The van der Waals surface area contributed by atoms with Gasteiger partial charge in [-0.05, 0) is 30.2 Å². The Hall–Kier alpha value is -2.66. The van der Waals surface area contributed by atoms with Crippen molar-refractivity contribution in [2.75, 3.05) is 7.05 Å². The highest BCUT2D eigenvalue weighted by Gasteiger charge is 2.26. The van der Waals surface area contributed by atoms with E-state index in [1.54, 1.807) is 50.4 Å². The van der Waals surface area contributed by atoms with Gasteiger partial charge in [-0.15, -0.1) is 0 Å². The smallest absolute Gasteiger partial charge is 0.251 e. The van der Waals surface area contributed by atoms with Crippen LogP contribution in [-0.2, 0) is 16.9 Å². The third-order valence-corrected chi connectivity index (χ3v) is 3.83. The van der Waals surface area contributed by atoms with Crippen molar-refractivity contribution in [3.05, 3.63) is 71.3 Å². The summed E-state index contributed by atoms with van der Waals surface area (Å²) >= 11 is 0. The summed E-state index contributed by atoms with van der Waals surface area (Å²) in [5.41, 5.74) is 0.944. The summed E-state index contributed by atoms with van der Waals surface area (Å²) in [5, 5.41) is 15.8. The normalized spacial score (nSPS) is 13.0. The molecule has 0 unspecified atom stereocenters. The Labute approximate surface area is 141 Å². The molecule has 0 aliphatic carbocycles. The SMILES string of the molecule is CNC(=O)c1ccc(CNC(=O)C[C@@](C)(O)c2ccccc2)cc1. The lowest BCUT2D eigenvalue weighted by atomic mass is 9.92. The third-order valence-electron chi connectivity index (χ3n) is 3.83. The van der Waals surface area contributed by atoms with E-state index >= 15 is 0 Å². The van der Waals surface area contributed by atoms with Crippen LogP contribution in [-0.4, -0.2) is 24.0 Å². The average molecular weight is 326 g/mol. The van der Waals surface area contributed by atoms with Crippen LogP contribution in [0.15, 0.2) is 54.6 Å². The zero-order valence-electron chi connectivity index (χ0n) is 13.9. The van der Waals surface area contributed by atoms with E-state index in [9.17, 15) is 14.7 Å². The predicted octanol–water partition coefficient (Wildman–Crippen LogP) is 1.96. The number of hydrogen-bond donors (Lipinski definition) is 3. The second kappa shape index (κ2) is 7.75. The maximum absolute atomic E-state index is 12.1. The topological polar surface area (TPSA) is 78.4 Å². The maximum Gasteiger partial charge on any atom is 0.251 e. The Kier molecular flexibility index (Phi) is 5.71. The molecule has 126 valence electrons. The van der Waals surface area contributed by atoms with Crippen molar-refractivity contribution in [1.29, 1.82) is 0 Å². The van der Waals surface area contributed by atoms with E-state index in [1.807, 2.05) is 18.2 Å². The number of nitrogens with one attached hydrogen (secondary N) is 2. The molecule has 0 aliphatic heterocycles. The molecule has 0 radical (unpaired) electrons. The van der Waals surface area contributed by atoms with Crippen molar-refractivity contribution >= 4 is 11.8 Å². The number of amides is 2. The fraction of sp³-hybridized carbons (Fsp3) is 0.263. The van der Waals surface area contributed by atoms with Crippen LogP contribution in [0.3, 0.4) is 0 Å². The largest absolute Gasteiger partial charge is 0.385 e. The van der Waals surface area contributed by atoms with Gasteiger partial charge < -0.3 is 15.7 Å². The van der Waals surface area contributed by atoms with E-state index in [-0.39, 0.29) is 18.2 Å². The van der Waals surface area contributed by atoms with Crippen molar-refractivity contribution in [3.8, 4) is 0 Å². The van der Waals surface area contributed by atoms with Gasteiger partial charge in [-0.1, -0.05) is 42.5 Å². The zero-order chi connectivity index (χ0) is 17.6. The van der Waals surface area contributed by atoms with Gasteiger partial charge in [0.1, 0.15) is 0 Å². The van der Waals surface area contributed by atoms with Gasteiger partial charge in [0.25, 0.3) is 5.91 Å². The molecular formula is C19H22N2O3. The first kappa shape index (κ1) is 17.7. The van der Waals surface area contributed by atoms with E-state index < -0.39 is 5.60 Å². The molecule has 1 atom stereocenters. The number of rotatable bonds is 6. The summed E-state index contributed by atoms with van der Waals surface area (Å²) < 4.78 is 0. The van der Waals surface area contributed by atoms with Gasteiger partial charge in [0.15, 0.2) is 0 Å². The van der Waals surface area contributed by atoms with Crippen LogP contribution < -0.4 is 10.6 Å². The monoisotopic (exact) mass is 326 g/mol. The predicted molar refractivity (Wildman–Crippen MR) is 92.3 cm³/mol. The van der Waals surface area contributed by atoms with Crippen molar-refractivity contribution in [1.82, 2.24) is 10.6 Å². The zero-order valence-corrected chi connectivity index (χ0v) is 13.9. The fourth-order valence-electron chi connectivity index (χ4n) is 2.39. The molecule has 5 heteroatoms. The molecule has 2 aromatic rings. The first-order chi connectivity index (χ1) is 11.4. The van der Waals surface area contributed by atoms with Crippen LogP contribution in [0.25, 0.3) is 0 Å². The third kappa shape index (κ3) is 4.67. The highest BCUT2D eigenvalue weighted by atomic mass is 16.3. The lowest BCUT2D eigenvalue weighted by Crippen LogP contribution is -2.32. The molecule has 0 fully saturated rings. The van der Waals surface area contributed by atoms with Crippen LogP contribution in [0, 0.1) is 0 Å². The fourth-order valence-corrected chi connectivity index (χ4v) is 2.39. The van der Waals surface area contributed by atoms with E-state index in [2.05, 4.69) is 10.6 Å². The van der Waals surface area contributed by atoms with Gasteiger partial charge in [0.2, 0.25) is 5.91 Å². The Morgan fingerprint density at radius 2 is 1.67 bits per heavy atom. The number of carbonyl (C=O) groups excluding carboxylic acids is 2. The molecule has 2 aromatic carbocycles. The van der Waals surface area contributed by atoms with Crippen molar-refractivity contribution in [2.45, 2.75) is 25.5 Å². The van der Waals surface area contributed by atoms with Gasteiger partial charge in [-0.2, -0.15) is 0 Å². The maximum atomic E-state index is 12.1. The highest BCUT2D eigenvalue weighted by Crippen LogP contribution is 2.23. The van der Waals surface area contributed by atoms with Gasteiger partial charge in [-0.3, -0.25) is 9.59 Å². The first-order valence-electron chi connectivity index (χ1n) is 7.78. The standard InChI is InChI=1S/C19H22N2O3/c1-19(24,16-6-4-3-5-7-16)12-17(22)21-13-14-8-10-15(11-9-14)18(23)20-2/h3-11,24H,12-13H2,1-2H3,(H,20,23)(H,21,22)/t19-/m1/s1. The molecule has 0 saturated heterocycles. The summed E-state index contributed by atoms with van der Waals surface area (Å²) in [6, 6.07) is 16.1. The van der Waals surface area contributed by atoms with Crippen LogP contribution >= 0.6 is 0 Å². The molecule has 0 heterocycles. The van der Waals surface area contributed by atoms with Crippen LogP contribution in [0.1, 0.15) is 34.8 Å². The molecule has 0 spiro atoms. The summed E-state index contributed by atoms with van der Waals surface area (Å²) in [7, 11) is 1.58. The Morgan fingerprint density at radius 1 is 1.04 bits per heavy atom. The summed E-state index contributed by atoms with van der Waals surface area (Å²) in [6.45, 7) is 1.97. The number of hydrogen-bond acceptors (Lipinski definition) is 3. The molecule has 5 nitrogen and oxygen atoms in total. The molecule has 0 aliphatic rings. The van der Waals surface area contributed by atoms with E-state index in [0.717, 1.165) is 5.56 Å². The van der Waals surface area contributed by atoms with Crippen molar-refractivity contribution in [3.63, 3.8) is 0 Å². The number of benzene rings is 2. The van der Waals surface area contributed by atoms with Crippen molar-refractivity contribution < 1.29 is 14.7 Å². The Balaban J connectivity index is 1.90. The second-order valence-corrected chi connectivity index (χ2v) is 5.87. The lowest BCUT2D eigenvalue weighted by molar-refractivity contribution is -0.126. The van der Waals surface area contributed by atoms with Gasteiger partial charge in [0, 0.05) is 19.2 Å². The van der Waals surface area contributed by atoms with E-state index in [4.69, 9.17) is 0 Å². The quantitative estimate of drug-likeness (QED) is 0.759. The van der Waals surface area contributed by atoms with Crippen LogP contribution in [0.4, 0.5) is 0 Å². The first-order valence-corrected chi connectivity index (χ1v) is 7.78. The Bertz CT molecular complexity index is 694.